The van der Waals surface area contributed by atoms with Gasteiger partial charge in [-0.2, -0.15) is 0 Å². The van der Waals surface area contributed by atoms with E-state index in [0.29, 0.717) is 16.9 Å². The quantitative estimate of drug-likeness (QED) is 0.699. The third-order valence-corrected chi connectivity index (χ3v) is 2.44. The van der Waals surface area contributed by atoms with Crippen molar-refractivity contribution in [2.24, 2.45) is 0 Å². The number of hydrogen-bond donors (Lipinski definition) is 0. The maximum atomic E-state index is 11.6. The molecule has 0 atom stereocenters. The van der Waals surface area contributed by atoms with E-state index in [0.717, 1.165) is 5.56 Å². The van der Waals surface area contributed by atoms with Crippen molar-refractivity contribution in [3.05, 3.63) is 41.0 Å². The molecule has 0 radical (unpaired) electrons. The van der Waals surface area contributed by atoms with Crippen molar-refractivity contribution in [1.29, 1.82) is 0 Å². The van der Waals surface area contributed by atoms with Crippen molar-refractivity contribution in [2.75, 3.05) is 7.11 Å². The Hall–Kier alpha value is -1.90. The predicted octanol–water partition coefficient (Wildman–Crippen LogP) is 1.94. The zero-order valence-electron chi connectivity index (χ0n) is 8.53. The van der Waals surface area contributed by atoms with Crippen LogP contribution >= 0.6 is 0 Å². The molecule has 0 fully saturated rings. The van der Waals surface area contributed by atoms with Gasteiger partial charge in [0.2, 0.25) is 0 Å². The highest BCUT2D eigenvalue weighted by Gasteiger charge is 2.21. The molecule has 0 N–H and O–H groups in total. The van der Waals surface area contributed by atoms with Crippen LogP contribution in [-0.2, 0) is 0 Å². The minimum atomic E-state index is -0.147. The summed E-state index contributed by atoms with van der Waals surface area (Å²) in [7, 11) is 1.53. The maximum absolute atomic E-state index is 11.6. The Bertz CT molecular complexity index is 484. The highest BCUT2D eigenvalue weighted by molar-refractivity contribution is 6.22. The Morgan fingerprint density at radius 3 is 2.40 bits per heavy atom. The minimum Gasteiger partial charge on any atom is -0.497 e. The Balaban J connectivity index is 2.71. The van der Waals surface area contributed by atoms with E-state index in [1.54, 1.807) is 19.1 Å². The van der Waals surface area contributed by atoms with Gasteiger partial charge < -0.3 is 4.74 Å². The second kappa shape index (κ2) is 3.35. The summed E-state index contributed by atoms with van der Waals surface area (Å²) in [5.74, 6) is 0.332. The average Bonchev–Trinajstić information content (AvgIpc) is 2.23. The smallest absolute Gasteiger partial charge is 0.186 e. The van der Waals surface area contributed by atoms with Crippen LogP contribution in [0.4, 0.5) is 0 Å². The number of ether oxygens (including phenoxy) is 1. The Morgan fingerprint density at radius 1 is 1.07 bits per heavy atom. The molecule has 0 aliphatic heterocycles. The topological polar surface area (TPSA) is 43.4 Å². The summed E-state index contributed by atoms with van der Waals surface area (Å²) in [6.07, 6.45) is 2.60. The molecule has 1 aromatic carbocycles. The lowest BCUT2D eigenvalue weighted by molar-refractivity contribution is 0.0993. The van der Waals surface area contributed by atoms with E-state index in [2.05, 4.69) is 0 Å². The molecule has 1 aliphatic rings. The fourth-order valence-electron chi connectivity index (χ4n) is 1.72. The summed E-state index contributed by atoms with van der Waals surface area (Å²) in [5.41, 5.74) is 1.69. The van der Waals surface area contributed by atoms with Crippen molar-refractivity contribution in [3.8, 4) is 5.75 Å². The molecule has 0 unspecified atom stereocenters. The number of methoxy groups -OCH3 is 1. The molecule has 0 saturated heterocycles. The van der Waals surface area contributed by atoms with E-state index < -0.39 is 0 Å². The van der Waals surface area contributed by atoms with Crippen molar-refractivity contribution in [3.63, 3.8) is 0 Å². The van der Waals surface area contributed by atoms with Crippen molar-refractivity contribution < 1.29 is 14.3 Å². The summed E-state index contributed by atoms with van der Waals surface area (Å²) >= 11 is 0. The van der Waals surface area contributed by atoms with Gasteiger partial charge in [0.05, 0.1) is 7.11 Å². The molecule has 15 heavy (non-hydrogen) atoms. The van der Waals surface area contributed by atoms with Crippen molar-refractivity contribution >= 4 is 11.6 Å². The van der Waals surface area contributed by atoms with Crippen LogP contribution in [0.15, 0.2) is 24.3 Å². The van der Waals surface area contributed by atoms with Gasteiger partial charge in [0, 0.05) is 11.1 Å². The molecule has 0 aromatic heterocycles. The van der Waals surface area contributed by atoms with Gasteiger partial charge in [-0.05, 0) is 36.8 Å². The zero-order valence-corrected chi connectivity index (χ0v) is 8.53. The normalized spacial score (nSPS) is 14.0. The number of aryl methyl sites for hydroxylation is 1. The molecule has 1 aromatic rings. The SMILES string of the molecule is COc1cc(C)c2c(c1)C(=O)C=CC2=O. The van der Waals surface area contributed by atoms with Crippen LogP contribution in [0.2, 0.25) is 0 Å². The number of carbonyl (C=O) groups is 2. The van der Waals surface area contributed by atoms with Gasteiger partial charge in [-0.1, -0.05) is 0 Å². The Labute approximate surface area is 87.4 Å². The monoisotopic (exact) mass is 202 g/mol. The molecule has 3 heteroatoms. The van der Waals surface area contributed by atoms with Gasteiger partial charge in [-0.3, -0.25) is 9.59 Å². The lowest BCUT2D eigenvalue weighted by Crippen LogP contribution is -2.13. The molecule has 0 amide bonds. The minimum absolute atomic E-state index is 0.121. The van der Waals surface area contributed by atoms with E-state index in [4.69, 9.17) is 4.74 Å². The summed E-state index contributed by atoms with van der Waals surface area (Å²) in [6.45, 7) is 1.80. The molecule has 2 rings (SSSR count). The van der Waals surface area contributed by atoms with E-state index in [1.807, 2.05) is 0 Å². The van der Waals surface area contributed by atoms with E-state index in [1.165, 1.54) is 19.3 Å². The molecular weight excluding hydrogens is 192 g/mol. The number of fused-ring (bicyclic) bond motifs is 1. The first-order chi connectivity index (χ1) is 7.13. The van der Waals surface area contributed by atoms with Gasteiger partial charge in [-0.15, -0.1) is 0 Å². The van der Waals surface area contributed by atoms with Gasteiger partial charge in [0.1, 0.15) is 5.75 Å². The van der Waals surface area contributed by atoms with Crippen LogP contribution in [-0.4, -0.2) is 18.7 Å². The van der Waals surface area contributed by atoms with Gasteiger partial charge in [0.15, 0.2) is 11.6 Å². The number of ketones is 2. The van der Waals surface area contributed by atoms with Crippen molar-refractivity contribution in [1.82, 2.24) is 0 Å². The second-order valence-corrected chi connectivity index (χ2v) is 3.43. The third kappa shape index (κ3) is 1.46. The molecule has 0 saturated carbocycles. The number of carbonyl (C=O) groups excluding carboxylic acids is 2. The van der Waals surface area contributed by atoms with Crippen LogP contribution in [0.5, 0.6) is 5.75 Å². The molecule has 76 valence electrons. The average molecular weight is 202 g/mol. The largest absolute Gasteiger partial charge is 0.497 e. The summed E-state index contributed by atoms with van der Waals surface area (Å²) in [5, 5.41) is 0. The first-order valence-electron chi connectivity index (χ1n) is 4.59. The van der Waals surface area contributed by atoms with E-state index in [-0.39, 0.29) is 11.6 Å². The molecule has 0 spiro atoms. The summed E-state index contributed by atoms with van der Waals surface area (Å²) in [6, 6.07) is 3.36. The Morgan fingerprint density at radius 2 is 1.73 bits per heavy atom. The number of hydrogen-bond acceptors (Lipinski definition) is 3. The maximum Gasteiger partial charge on any atom is 0.186 e. The van der Waals surface area contributed by atoms with Crippen LogP contribution in [0.25, 0.3) is 0 Å². The van der Waals surface area contributed by atoms with Gasteiger partial charge in [0.25, 0.3) is 0 Å². The van der Waals surface area contributed by atoms with Crippen LogP contribution in [0, 0.1) is 6.92 Å². The highest BCUT2D eigenvalue weighted by atomic mass is 16.5. The molecule has 1 aliphatic carbocycles. The van der Waals surface area contributed by atoms with Gasteiger partial charge >= 0.3 is 0 Å². The predicted molar refractivity (Wildman–Crippen MR) is 55.5 cm³/mol. The van der Waals surface area contributed by atoms with E-state index in [9.17, 15) is 9.59 Å². The first-order valence-corrected chi connectivity index (χ1v) is 4.59. The van der Waals surface area contributed by atoms with Crippen LogP contribution < -0.4 is 4.74 Å². The first kappa shape index (κ1) is 9.65. The summed E-state index contributed by atoms with van der Waals surface area (Å²) < 4.78 is 5.06. The number of rotatable bonds is 1. The lowest BCUT2D eigenvalue weighted by atomic mass is 9.91. The van der Waals surface area contributed by atoms with E-state index >= 15 is 0 Å². The molecular formula is C12H10O3. The fraction of sp³-hybridized carbons (Fsp3) is 0.167. The van der Waals surface area contributed by atoms with Gasteiger partial charge in [-0.25, -0.2) is 0 Å². The third-order valence-electron chi connectivity index (χ3n) is 2.44. The molecule has 0 bridgehead atoms. The second-order valence-electron chi connectivity index (χ2n) is 3.43. The van der Waals surface area contributed by atoms with Crippen LogP contribution in [0.1, 0.15) is 26.3 Å². The fourth-order valence-corrected chi connectivity index (χ4v) is 1.72. The lowest BCUT2D eigenvalue weighted by Gasteiger charge is -2.13. The zero-order chi connectivity index (χ0) is 11.0. The number of benzene rings is 1. The highest BCUT2D eigenvalue weighted by Crippen LogP contribution is 2.25. The molecule has 0 heterocycles. The van der Waals surface area contributed by atoms with Crippen LogP contribution in [0.3, 0.4) is 0 Å². The Kier molecular flexibility index (Phi) is 2.15. The molecule has 3 nitrogen and oxygen atoms in total. The summed E-state index contributed by atoms with van der Waals surface area (Å²) in [4.78, 5) is 23.1. The van der Waals surface area contributed by atoms with Crippen molar-refractivity contribution in [2.45, 2.75) is 6.92 Å². The number of allylic oxidation sites excluding steroid dienone is 2. The standard InChI is InChI=1S/C12H10O3/c1-7-5-8(15-2)6-9-10(13)3-4-11(14)12(7)9/h3-6H,1-2H3.